The van der Waals surface area contributed by atoms with Gasteiger partial charge in [0.1, 0.15) is 11.5 Å². The molecule has 1 saturated carbocycles. The summed E-state index contributed by atoms with van der Waals surface area (Å²) in [5.74, 6) is -1.57. The molecule has 2 aliphatic rings. The highest BCUT2D eigenvalue weighted by atomic mass is 16.4. The summed E-state index contributed by atoms with van der Waals surface area (Å²) < 4.78 is 5.68. The highest BCUT2D eigenvalue weighted by Gasteiger charge is 2.37. The third-order valence-corrected chi connectivity index (χ3v) is 5.54. The van der Waals surface area contributed by atoms with E-state index in [1.54, 1.807) is 0 Å². The lowest BCUT2D eigenvalue weighted by Crippen LogP contribution is -2.57. The first-order chi connectivity index (χ1) is 12.9. The monoisotopic (exact) mass is 380 g/mol. The highest BCUT2D eigenvalue weighted by Crippen LogP contribution is 2.35. The van der Waals surface area contributed by atoms with E-state index >= 15 is 0 Å². The van der Waals surface area contributed by atoms with E-state index in [0.717, 1.165) is 24.6 Å². The first kappa shape index (κ1) is 21.4. The lowest BCUT2D eigenvalue weighted by molar-refractivity contribution is -0.159. The van der Waals surface area contributed by atoms with Gasteiger partial charge < -0.3 is 19.9 Å². The van der Waals surface area contributed by atoms with Crippen LogP contribution in [0.5, 0.6) is 0 Å². The Morgan fingerprint density at radius 1 is 1.04 bits per heavy atom. The number of nitrogens with zero attached hydrogens (tertiary/aromatic N) is 1. The Labute approximate surface area is 160 Å². The van der Waals surface area contributed by atoms with Crippen molar-refractivity contribution in [3.8, 4) is 0 Å². The minimum atomic E-state index is -1.82. The third kappa shape index (κ3) is 6.66. The second kappa shape index (κ2) is 10.5. The van der Waals surface area contributed by atoms with Crippen LogP contribution in [0.3, 0.4) is 0 Å². The van der Waals surface area contributed by atoms with Crippen molar-refractivity contribution in [3.63, 3.8) is 0 Å². The van der Waals surface area contributed by atoms with Crippen LogP contribution in [0.2, 0.25) is 0 Å². The van der Waals surface area contributed by atoms with Crippen LogP contribution in [0.25, 0.3) is 0 Å². The first-order valence-corrected chi connectivity index (χ1v) is 9.90. The minimum Gasteiger partial charge on any atom is -0.473 e. The maximum absolute atomic E-state index is 9.10. The van der Waals surface area contributed by atoms with Gasteiger partial charge >= 0.3 is 11.9 Å². The zero-order valence-electron chi connectivity index (χ0n) is 16.2. The van der Waals surface area contributed by atoms with Crippen LogP contribution in [-0.2, 0) is 16.1 Å². The lowest BCUT2D eigenvalue weighted by atomic mass is 9.79. The Hall–Kier alpha value is -1.86. The number of nitrogens with one attached hydrogen (secondary N) is 1. The van der Waals surface area contributed by atoms with Crippen molar-refractivity contribution in [2.45, 2.75) is 70.4 Å². The Morgan fingerprint density at radius 2 is 1.63 bits per heavy atom. The van der Waals surface area contributed by atoms with Gasteiger partial charge in [-0.15, -0.1) is 0 Å². The Kier molecular flexibility index (Phi) is 8.31. The molecule has 1 saturated heterocycles. The van der Waals surface area contributed by atoms with Gasteiger partial charge in [-0.25, -0.2) is 9.59 Å². The molecule has 1 aliphatic heterocycles. The van der Waals surface area contributed by atoms with Crippen molar-refractivity contribution < 1.29 is 24.2 Å². The van der Waals surface area contributed by atoms with E-state index in [4.69, 9.17) is 24.2 Å². The molecule has 0 amide bonds. The SMILES string of the molecule is Cc1ccc(CNCC2(N3CCCCC3)CCCCC2)o1.O=C(O)C(=O)O. The predicted octanol–water partition coefficient (Wildman–Crippen LogP) is 3.02. The van der Waals surface area contributed by atoms with Gasteiger partial charge in [0.2, 0.25) is 0 Å². The van der Waals surface area contributed by atoms with Crippen molar-refractivity contribution in [3.05, 3.63) is 23.7 Å². The molecule has 0 radical (unpaired) electrons. The number of furan rings is 1. The Bertz CT molecular complexity index is 589. The van der Waals surface area contributed by atoms with Gasteiger partial charge in [0.15, 0.2) is 0 Å². The number of carbonyl (C=O) groups is 2. The van der Waals surface area contributed by atoms with Gasteiger partial charge in [-0.1, -0.05) is 25.7 Å². The average Bonchev–Trinajstić information content (AvgIpc) is 3.09. The lowest BCUT2D eigenvalue weighted by Gasteiger charge is -2.48. The number of carboxylic acids is 2. The van der Waals surface area contributed by atoms with E-state index < -0.39 is 11.9 Å². The molecule has 7 heteroatoms. The number of rotatable bonds is 5. The van der Waals surface area contributed by atoms with Crippen molar-refractivity contribution in [1.82, 2.24) is 10.2 Å². The summed E-state index contributed by atoms with van der Waals surface area (Å²) in [6.07, 6.45) is 11.2. The number of aliphatic carboxylic acids is 2. The van der Waals surface area contributed by atoms with Crippen molar-refractivity contribution in [2.75, 3.05) is 19.6 Å². The number of hydrogen-bond acceptors (Lipinski definition) is 5. The maximum Gasteiger partial charge on any atom is 0.414 e. The van der Waals surface area contributed by atoms with Crippen LogP contribution >= 0.6 is 0 Å². The molecule has 7 nitrogen and oxygen atoms in total. The van der Waals surface area contributed by atoms with E-state index in [0.29, 0.717) is 5.54 Å². The van der Waals surface area contributed by atoms with Gasteiger partial charge in [0.25, 0.3) is 0 Å². The molecule has 0 unspecified atom stereocenters. The summed E-state index contributed by atoms with van der Waals surface area (Å²) >= 11 is 0. The quantitative estimate of drug-likeness (QED) is 0.675. The normalized spacial score (nSPS) is 19.7. The molecule has 1 aliphatic carbocycles. The predicted molar refractivity (Wildman–Crippen MR) is 102 cm³/mol. The third-order valence-electron chi connectivity index (χ3n) is 5.54. The first-order valence-electron chi connectivity index (χ1n) is 9.90. The molecule has 0 atom stereocenters. The fourth-order valence-electron chi connectivity index (χ4n) is 4.18. The molecular formula is C20H32N2O5. The summed E-state index contributed by atoms with van der Waals surface area (Å²) in [6.45, 7) is 6.61. The van der Waals surface area contributed by atoms with E-state index in [9.17, 15) is 0 Å². The number of likely N-dealkylation sites (tertiary alicyclic amines) is 1. The molecule has 0 bridgehead atoms. The smallest absolute Gasteiger partial charge is 0.414 e. The maximum atomic E-state index is 9.10. The van der Waals surface area contributed by atoms with Gasteiger partial charge in [-0.05, 0) is 57.8 Å². The van der Waals surface area contributed by atoms with Crippen LogP contribution in [-0.4, -0.2) is 52.2 Å². The van der Waals surface area contributed by atoms with Crippen LogP contribution in [0.4, 0.5) is 0 Å². The topological polar surface area (TPSA) is 103 Å². The van der Waals surface area contributed by atoms with Crippen LogP contribution in [0, 0.1) is 6.92 Å². The van der Waals surface area contributed by atoms with E-state index in [2.05, 4.69) is 22.3 Å². The van der Waals surface area contributed by atoms with Crippen LogP contribution in [0.1, 0.15) is 62.9 Å². The second-order valence-corrected chi connectivity index (χ2v) is 7.56. The van der Waals surface area contributed by atoms with Gasteiger partial charge in [-0.3, -0.25) is 4.90 Å². The standard InChI is InChI=1S/C18H30N2O.C2H2O4/c1-16-8-9-17(21-16)14-19-15-18(10-4-2-5-11-18)20-12-6-3-7-13-20;3-1(4)2(5)6/h8-9,19H,2-7,10-15H2,1H3;(H,3,4)(H,5,6). The fraction of sp³-hybridized carbons (Fsp3) is 0.700. The van der Waals surface area contributed by atoms with Crippen LogP contribution < -0.4 is 5.32 Å². The minimum absolute atomic E-state index is 0.417. The summed E-state index contributed by atoms with van der Waals surface area (Å²) in [5.41, 5.74) is 0.417. The highest BCUT2D eigenvalue weighted by molar-refractivity contribution is 6.27. The molecule has 1 aromatic rings. The molecular weight excluding hydrogens is 348 g/mol. The van der Waals surface area contributed by atoms with Crippen molar-refractivity contribution in [2.24, 2.45) is 0 Å². The second-order valence-electron chi connectivity index (χ2n) is 7.56. The molecule has 2 heterocycles. The van der Waals surface area contributed by atoms with Crippen molar-refractivity contribution in [1.29, 1.82) is 0 Å². The van der Waals surface area contributed by atoms with Gasteiger partial charge in [-0.2, -0.15) is 0 Å². The Morgan fingerprint density at radius 3 is 2.15 bits per heavy atom. The van der Waals surface area contributed by atoms with E-state index in [-0.39, 0.29) is 0 Å². The van der Waals surface area contributed by atoms with Crippen LogP contribution in [0.15, 0.2) is 16.5 Å². The summed E-state index contributed by atoms with van der Waals surface area (Å²) in [4.78, 5) is 21.0. The summed E-state index contributed by atoms with van der Waals surface area (Å²) in [6, 6.07) is 4.15. The largest absolute Gasteiger partial charge is 0.473 e. The molecule has 27 heavy (non-hydrogen) atoms. The van der Waals surface area contributed by atoms with Crippen molar-refractivity contribution >= 4 is 11.9 Å². The fourth-order valence-corrected chi connectivity index (χ4v) is 4.18. The summed E-state index contributed by atoms with van der Waals surface area (Å²) in [7, 11) is 0. The molecule has 152 valence electrons. The zero-order valence-corrected chi connectivity index (χ0v) is 16.2. The van der Waals surface area contributed by atoms with E-state index in [1.165, 1.54) is 64.5 Å². The van der Waals surface area contributed by atoms with Gasteiger partial charge in [0, 0.05) is 12.1 Å². The van der Waals surface area contributed by atoms with E-state index in [1.807, 2.05) is 6.92 Å². The molecule has 3 rings (SSSR count). The molecule has 0 spiro atoms. The number of hydrogen-bond donors (Lipinski definition) is 3. The number of carboxylic acid groups (broad SMARTS) is 2. The molecule has 3 N–H and O–H groups in total. The molecule has 2 fully saturated rings. The molecule has 0 aromatic carbocycles. The molecule has 1 aromatic heterocycles. The number of piperidine rings is 1. The number of aryl methyl sites for hydroxylation is 1. The Balaban J connectivity index is 0.000000380. The van der Waals surface area contributed by atoms with Gasteiger partial charge in [0.05, 0.1) is 6.54 Å². The summed E-state index contributed by atoms with van der Waals surface area (Å²) in [5, 5.41) is 18.5. The average molecular weight is 380 g/mol. The zero-order chi connectivity index (χ0) is 19.7.